The quantitative estimate of drug-likeness (QED) is 0.636. The number of rotatable bonds is 7. The Kier molecular flexibility index (Phi) is 6.55. The van der Waals surface area contributed by atoms with Gasteiger partial charge in [-0.15, -0.1) is 0 Å². The van der Waals surface area contributed by atoms with Crippen molar-refractivity contribution in [2.45, 2.75) is 53.4 Å². The van der Waals surface area contributed by atoms with Crippen LogP contribution in [0, 0.1) is 5.41 Å². The van der Waals surface area contributed by atoms with Gasteiger partial charge in [0.2, 0.25) is 0 Å². The van der Waals surface area contributed by atoms with Crippen molar-refractivity contribution in [3.63, 3.8) is 0 Å². The highest BCUT2D eigenvalue weighted by Gasteiger charge is 2.28. The van der Waals surface area contributed by atoms with E-state index in [2.05, 4.69) is 41.8 Å². The van der Waals surface area contributed by atoms with Crippen LogP contribution in [-0.2, 0) is 0 Å². The Balaban J connectivity index is 2.53. The first-order valence-electron chi connectivity index (χ1n) is 8.18. The number of hydrogen-bond donors (Lipinski definition) is 2. The van der Waals surface area contributed by atoms with Gasteiger partial charge >= 0.3 is 0 Å². The van der Waals surface area contributed by atoms with Crippen LogP contribution in [0.5, 0.6) is 0 Å². The molecule has 2 heteroatoms. The molecule has 1 unspecified atom stereocenters. The molecule has 112 valence electrons. The number of likely N-dealkylation sites (N-methyl/N-ethyl adjacent to an activating group) is 2. The zero-order chi connectivity index (χ0) is 14.5. The molecule has 0 radical (unpaired) electrons. The summed E-state index contributed by atoms with van der Waals surface area (Å²) in [5.74, 6) is 0. The second kappa shape index (κ2) is 7.44. The molecule has 0 amide bonds. The summed E-state index contributed by atoms with van der Waals surface area (Å²) in [6.07, 6.45) is 5.41. The SMILES string of the molecule is CC[NH+](CCC1=C(C)CCCC1(C)C)CC[NH+](C)C. The molecule has 1 atom stereocenters. The molecule has 19 heavy (non-hydrogen) atoms. The number of quaternary nitrogens is 2. The van der Waals surface area contributed by atoms with Crippen molar-refractivity contribution in [3.8, 4) is 0 Å². The van der Waals surface area contributed by atoms with Crippen LogP contribution in [0.15, 0.2) is 11.1 Å². The number of hydrogen-bond acceptors (Lipinski definition) is 0. The lowest BCUT2D eigenvalue weighted by molar-refractivity contribution is -0.940. The summed E-state index contributed by atoms with van der Waals surface area (Å²) in [6, 6.07) is 0. The highest BCUT2D eigenvalue weighted by atomic mass is 15.2. The maximum Gasteiger partial charge on any atom is 0.127 e. The fraction of sp³-hybridized carbons (Fsp3) is 0.882. The van der Waals surface area contributed by atoms with Crippen molar-refractivity contribution in [1.29, 1.82) is 0 Å². The van der Waals surface area contributed by atoms with Crippen LogP contribution in [0.2, 0.25) is 0 Å². The maximum absolute atomic E-state index is 2.45. The van der Waals surface area contributed by atoms with E-state index in [-0.39, 0.29) is 0 Å². The lowest BCUT2D eigenvalue weighted by atomic mass is 9.71. The third-order valence-corrected chi connectivity index (χ3v) is 4.89. The standard InChI is InChI=1S/C17H34N2/c1-7-19(14-13-18(5)6)12-10-16-15(2)9-8-11-17(16,3)4/h7-14H2,1-6H3/p+2. The van der Waals surface area contributed by atoms with E-state index >= 15 is 0 Å². The second-order valence-corrected chi connectivity index (χ2v) is 7.31. The molecule has 2 nitrogen and oxygen atoms in total. The van der Waals surface area contributed by atoms with E-state index in [4.69, 9.17) is 0 Å². The van der Waals surface area contributed by atoms with Gasteiger partial charge in [-0.1, -0.05) is 25.0 Å². The van der Waals surface area contributed by atoms with Crippen molar-refractivity contribution in [1.82, 2.24) is 0 Å². The minimum Gasteiger partial charge on any atom is -0.335 e. The van der Waals surface area contributed by atoms with E-state index < -0.39 is 0 Å². The van der Waals surface area contributed by atoms with E-state index in [1.807, 2.05) is 0 Å². The minimum absolute atomic E-state index is 0.452. The predicted molar refractivity (Wildman–Crippen MR) is 83.9 cm³/mol. The third kappa shape index (κ3) is 5.27. The van der Waals surface area contributed by atoms with E-state index in [1.54, 1.807) is 20.9 Å². The fourth-order valence-electron chi connectivity index (χ4n) is 3.43. The Bertz CT molecular complexity index is 302. The van der Waals surface area contributed by atoms with Crippen molar-refractivity contribution in [2.24, 2.45) is 5.41 Å². The first kappa shape index (κ1) is 16.7. The van der Waals surface area contributed by atoms with Gasteiger partial charge in [-0.25, -0.2) is 0 Å². The fourth-order valence-corrected chi connectivity index (χ4v) is 3.43. The Hall–Kier alpha value is -0.340. The Labute approximate surface area is 120 Å². The van der Waals surface area contributed by atoms with Crippen LogP contribution >= 0.6 is 0 Å². The molecule has 0 bridgehead atoms. The molecule has 0 aromatic rings. The summed E-state index contributed by atoms with van der Waals surface area (Å²) in [5, 5.41) is 0. The average Bonchev–Trinajstić information content (AvgIpc) is 2.31. The first-order chi connectivity index (χ1) is 8.86. The minimum atomic E-state index is 0.452. The number of allylic oxidation sites excluding steroid dienone is 1. The summed E-state index contributed by atoms with van der Waals surface area (Å²) in [6.45, 7) is 14.8. The topological polar surface area (TPSA) is 8.88 Å². The van der Waals surface area contributed by atoms with Crippen LogP contribution in [-0.4, -0.2) is 40.3 Å². The van der Waals surface area contributed by atoms with Gasteiger partial charge in [0.05, 0.1) is 27.2 Å². The Morgan fingerprint density at radius 1 is 1.11 bits per heavy atom. The summed E-state index contributed by atoms with van der Waals surface area (Å²) in [7, 11) is 4.51. The third-order valence-electron chi connectivity index (χ3n) is 4.89. The molecule has 0 aromatic heterocycles. The molecule has 0 aromatic carbocycles. The predicted octanol–water partition coefficient (Wildman–Crippen LogP) is 0.952. The molecular weight excluding hydrogens is 232 g/mol. The van der Waals surface area contributed by atoms with E-state index in [0.717, 1.165) is 0 Å². The molecule has 1 aliphatic rings. The summed E-state index contributed by atoms with van der Waals surface area (Å²) in [4.78, 5) is 3.34. The molecule has 0 saturated carbocycles. The van der Waals surface area contributed by atoms with Crippen molar-refractivity contribution >= 4 is 0 Å². The van der Waals surface area contributed by atoms with Crippen LogP contribution in [0.3, 0.4) is 0 Å². The summed E-state index contributed by atoms with van der Waals surface area (Å²) < 4.78 is 0. The van der Waals surface area contributed by atoms with Gasteiger partial charge in [0.1, 0.15) is 13.1 Å². The van der Waals surface area contributed by atoms with Crippen LogP contribution in [0.25, 0.3) is 0 Å². The first-order valence-corrected chi connectivity index (χ1v) is 8.18. The Morgan fingerprint density at radius 2 is 1.79 bits per heavy atom. The molecule has 1 rings (SSSR count). The highest BCUT2D eigenvalue weighted by molar-refractivity contribution is 5.22. The van der Waals surface area contributed by atoms with E-state index in [0.29, 0.717) is 5.41 Å². The van der Waals surface area contributed by atoms with Gasteiger partial charge < -0.3 is 9.80 Å². The molecule has 0 heterocycles. The molecule has 0 fully saturated rings. The van der Waals surface area contributed by atoms with Gasteiger partial charge in [-0.3, -0.25) is 0 Å². The van der Waals surface area contributed by atoms with Crippen LogP contribution in [0.4, 0.5) is 0 Å². The van der Waals surface area contributed by atoms with Gasteiger partial charge in [-0.05, 0) is 38.5 Å². The van der Waals surface area contributed by atoms with Crippen molar-refractivity contribution < 1.29 is 9.80 Å². The molecule has 1 aliphatic carbocycles. The maximum atomic E-state index is 2.45. The largest absolute Gasteiger partial charge is 0.335 e. The van der Waals surface area contributed by atoms with Gasteiger partial charge in [0.25, 0.3) is 0 Å². The average molecular weight is 268 g/mol. The van der Waals surface area contributed by atoms with Crippen LogP contribution < -0.4 is 9.80 Å². The van der Waals surface area contributed by atoms with E-state index in [1.165, 1.54) is 51.9 Å². The van der Waals surface area contributed by atoms with Crippen LogP contribution in [0.1, 0.15) is 53.4 Å². The smallest absolute Gasteiger partial charge is 0.127 e. The van der Waals surface area contributed by atoms with Gasteiger partial charge in [0, 0.05) is 6.42 Å². The van der Waals surface area contributed by atoms with Gasteiger partial charge in [-0.2, -0.15) is 0 Å². The summed E-state index contributed by atoms with van der Waals surface area (Å²) in [5.41, 5.74) is 3.90. The second-order valence-electron chi connectivity index (χ2n) is 7.31. The normalized spacial score (nSPS) is 21.0. The van der Waals surface area contributed by atoms with Gasteiger partial charge in [0.15, 0.2) is 0 Å². The molecule has 0 saturated heterocycles. The molecular formula is C17H36N2+2. The lowest BCUT2D eigenvalue weighted by Crippen LogP contribution is -3.18. The van der Waals surface area contributed by atoms with Crippen molar-refractivity contribution in [2.75, 3.05) is 40.3 Å². The Morgan fingerprint density at radius 3 is 2.32 bits per heavy atom. The molecule has 0 aliphatic heterocycles. The highest BCUT2D eigenvalue weighted by Crippen LogP contribution is 2.41. The van der Waals surface area contributed by atoms with Crippen molar-refractivity contribution in [3.05, 3.63) is 11.1 Å². The zero-order valence-electron chi connectivity index (χ0n) is 14.2. The monoisotopic (exact) mass is 268 g/mol. The zero-order valence-corrected chi connectivity index (χ0v) is 14.2. The molecule has 0 spiro atoms. The van der Waals surface area contributed by atoms with E-state index in [9.17, 15) is 0 Å². The molecule has 2 N–H and O–H groups in total. The number of nitrogens with one attached hydrogen (secondary N) is 2. The lowest BCUT2D eigenvalue weighted by Gasteiger charge is -2.35. The summed E-state index contributed by atoms with van der Waals surface area (Å²) >= 11 is 0.